The molecule has 4 heteroatoms. The van der Waals surface area contributed by atoms with Crippen molar-refractivity contribution in [2.45, 2.75) is 37.7 Å². The van der Waals surface area contributed by atoms with E-state index in [1.165, 1.54) is 5.56 Å². The number of carboxylic acid groups (broad SMARTS) is 1. The van der Waals surface area contributed by atoms with Gasteiger partial charge in [-0.1, -0.05) is 48.9 Å². The average Bonchev–Trinajstić information content (AvgIpc) is 3.15. The molecule has 4 rings (SSSR count). The van der Waals surface area contributed by atoms with E-state index in [9.17, 15) is 15.0 Å². The maximum absolute atomic E-state index is 11.5. The van der Waals surface area contributed by atoms with Gasteiger partial charge < -0.3 is 14.9 Å². The third-order valence-corrected chi connectivity index (χ3v) is 5.86. The van der Waals surface area contributed by atoms with Crippen molar-refractivity contribution in [3.63, 3.8) is 0 Å². The number of hydrogen-bond donors (Lipinski definition) is 2. The molecule has 1 fully saturated rings. The van der Waals surface area contributed by atoms with Gasteiger partial charge in [-0.05, 0) is 42.4 Å². The summed E-state index contributed by atoms with van der Waals surface area (Å²) in [6.07, 6.45) is 2.79. The van der Waals surface area contributed by atoms with Gasteiger partial charge >= 0.3 is 5.97 Å². The van der Waals surface area contributed by atoms with Crippen molar-refractivity contribution in [2.75, 3.05) is 6.61 Å². The minimum atomic E-state index is -0.714. The number of rotatable bonds is 4. The van der Waals surface area contributed by atoms with Gasteiger partial charge in [-0.25, -0.2) is 0 Å². The van der Waals surface area contributed by atoms with Crippen LogP contribution < -0.4 is 4.74 Å². The van der Waals surface area contributed by atoms with Crippen molar-refractivity contribution in [2.24, 2.45) is 11.8 Å². The molecule has 136 valence electrons. The summed E-state index contributed by atoms with van der Waals surface area (Å²) in [5, 5.41) is 20.2. The second-order valence-corrected chi connectivity index (χ2v) is 7.49. The van der Waals surface area contributed by atoms with Gasteiger partial charge in [-0.3, -0.25) is 4.79 Å². The highest BCUT2D eigenvalue weighted by atomic mass is 16.5. The van der Waals surface area contributed by atoms with E-state index in [4.69, 9.17) is 4.74 Å². The molecule has 2 N–H and O–H groups in total. The van der Waals surface area contributed by atoms with Crippen LogP contribution >= 0.6 is 0 Å². The molecule has 4 atom stereocenters. The van der Waals surface area contributed by atoms with Gasteiger partial charge in [0.1, 0.15) is 5.75 Å². The molecule has 0 amide bonds. The lowest BCUT2D eigenvalue weighted by Gasteiger charge is -2.31. The highest BCUT2D eigenvalue weighted by molar-refractivity contribution is 5.72. The molecule has 1 aliphatic heterocycles. The summed E-state index contributed by atoms with van der Waals surface area (Å²) in [7, 11) is 0. The minimum Gasteiger partial charge on any atom is -0.493 e. The van der Waals surface area contributed by atoms with Crippen LogP contribution in [0.4, 0.5) is 0 Å². The molecule has 0 saturated heterocycles. The third-order valence-electron chi connectivity index (χ3n) is 5.86. The van der Waals surface area contributed by atoms with Crippen LogP contribution in [-0.2, 0) is 11.2 Å². The molecule has 0 radical (unpaired) electrons. The first kappa shape index (κ1) is 17.1. The standard InChI is InChI=1S/C22H24O4/c23-21-16(11-14-5-2-1-3-6-14)13-26-20-12-15(9-10-19(20)21)17-7-4-8-18(17)22(24)25/h1-3,5-6,9-10,12,16-18,21,23H,4,7-8,11,13H2,(H,24,25)/t16-,17?,18?,21-/m0/s1. The molecule has 2 aromatic rings. The molecule has 1 saturated carbocycles. The summed E-state index contributed by atoms with van der Waals surface area (Å²) in [6, 6.07) is 16.0. The van der Waals surface area contributed by atoms with Gasteiger partial charge in [0.15, 0.2) is 0 Å². The maximum Gasteiger partial charge on any atom is 0.307 e. The zero-order chi connectivity index (χ0) is 18.1. The zero-order valence-corrected chi connectivity index (χ0v) is 14.7. The predicted molar refractivity (Wildman–Crippen MR) is 98.3 cm³/mol. The van der Waals surface area contributed by atoms with Crippen molar-refractivity contribution in [1.82, 2.24) is 0 Å². The summed E-state index contributed by atoms with van der Waals surface area (Å²) in [5.41, 5.74) is 3.02. The highest BCUT2D eigenvalue weighted by Crippen LogP contribution is 2.44. The minimum absolute atomic E-state index is 0.0222. The Bertz CT molecular complexity index is 786. The third kappa shape index (κ3) is 3.21. The highest BCUT2D eigenvalue weighted by Gasteiger charge is 2.35. The number of aliphatic hydroxyl groups excluding tert-OH is 1. The number of benzene rings is 2. The van der Waals surface area contributed by atoms with Gasteiger partial charge in [0.2, 0.25) is 0 Å². The average molecular weight is 352 g/mol. The fourth-order valence-electron chi connectivity index (χ4n) is 4.43. The van der Waals surface area contributed by atoms with Crippen molar-refractivity contribution < 1.29 is 19.7 Å². The van der Waals surface area contributed by atoms with Crippen molar-refractivity contribution in [3.8, 4) is 5.75 Å². The summed E-state index contributed by atoms with van der Waals surface area (Å²) in [5.74, 6) is -0.258. The normalized spacial score (nSPS) is 27.6. The van der Waals surface area contributed by atoms with Gasteiger partial charge in [0.25, 0.3) is 0 Å². The monoisotopic (exact) mass is 352 g/mol. The van der Waals surface area contributed by atoms with Crippen LogP contribution in [-0.4, -0.2) is 22.8 Å². The van der Waals surface area contributed by atoms with Crippen LogP contribution in [0.25, 0.3) is 0 Å². The fourth-order valence-corrected chi connectivity index (χ4v) is 4.43. The Kier molecular flexibility index (Phi) is 4.68. The van der Waals surface area contributed by atoms with E-state index in [2.05, 4.69) is 12.1 Å². The van der Waals surface area contributed by atoms with E-state index in [0.29, 0.717) is 12.4 Å². The number of aliphatic hydroxyl groups is 1. The topological polar surface area (TPSA) is 66.8 Å². The van der Waals surface area contributed by atoms with E-state index in [0.717, 1.165) is 36.8 Å². The van der Waals surface area contributed by atoms with E-state index in [1.54, 1.807) is 0 Å². The zero-order valence-electron chi connectivity index (χ0n) is 14.7. The lowest BCUT2D eigenvalue weighted by atomic mass is 9.84. The molecule has 2 aromatic carbocycles. The van der Waals surface area contributed by atoms with Crippen LogP contribution in [0, 0.1) is 11.8 Å². The van der Waals surface area contributed by atoms with Crippen molar-refractivity contribution >= 4 is 5.97 Å². The molecule has 2 unspecified atom stereocenters. The lowest BCUT2D eigenvalue weighted by molar-refractivity contribution is -0.142. The summed E-state index contributed by atoms with van der Waals surface area (Å²) in [4.78, 5) is 11.5. The van der Waals surface area contributed by atoms with Crippen LogP contribution in [0.15, 0.2) is 48.5 Å². The van der Waals surface area contributed by atoms with Gasteiger partial charge in [-0.2, -0.15) is 0 Å². The Morgan fingerprint density at radius 1 is 1.12 bits per heavy atom. The Balaban J connectivity index is 1.54. The smallest absolute Gasteiger partial charge is 0.307 e. The Labute approximate surface area is 153 Å². The molecule has 0 bridgehead atoms. The Morgan fingerprint density at radius 2 is 1.92 bits per heavy atom. The van der Waals surface area contributed by atoms with Crippen LogP contribution in [0.2, 0.25) is 0 Å². The van der Waals surface area contributed by atoms with Crippen molar-refractivity contribution in [3.05, 3.63) is 65.2 Å². The second-order valence-electron chi connectivity index (χ2n) is 7.49. The number of ether oxygens (including phenoxy) is 1. The number of fused-ring (bicyclic) bond motifs is 1. The van der Waals surface area contributed by atoms with E-state index in [1.807, 2.05) is 36.4 Å². The van der Waals surface area contributed by atoms with Crippen molar-refractivity contribution in [1.29, 1.82) is 0 Å². The van der Waals surface area contributed by atoms with Crippen LogP contribution in [0.1, 0.15) is 48.0 Å². The molecular weight excluding hydrogens is 328 g/mol. The van der Waals surface area contributed by atoms with E-state index in [-0.39, 0.29) is 17.8 Å². The molecular formula is C22H24O4. The first-order valence-electron chi connectivity index (χ1n) is 9.35. The molecule has 0 aromatic heterocycles. The number of aliphatic carboxylic acids is 1. The van der Waals surface area contributed by atoms with E-state index >= 15 is 0 Å². The number of carbonyl (C=O) groups is 1. The van der Waals surface area contributed by atoms with Crippen LogP contribution in [0.3, 0.4) is 0 Å². The lowest BCUT2D eigenvalue weighted by Crippen LogP contribution is -2.28. The molecule has 1 aliphatic carbocycles. The summed E-state index contributed by atoms with van der Waals surface area (Å²) >= 11 is 0. The molecule has 26 heavy (non-hydrogen) atoms. The Hall–Kier alpha value is -2.33. The number of carboxylic acids is 1. The second kappa shape index (κ2) is 7.12. The summed E-state index contributed by atoms with van der Waals surface area (Å²) < 4.78 is 5.97. The first-order valence-corrected chi connectivity index (χ1v) is 9.35. The molecule has 4 nitrogen and oxygen atoms in total. The quantitative estimate of drug-likeness (QED) is 0.875. The predicted octanol–water partition coefficient (Wildman–Crippen LogP) is 3.94. The van der Waals surface area contributed by atoms with E-state index < -0.39 is 12.1 Å². The van der Waals surface area contributed by atoms with Crippen LogP contribution in [0.5, 0.6) is 5.75 Å². The number of hydrogen-bond acceptors (Lipinski definition) is 3. The molecule has 0 spiro atoms. The van der Waals surface area contributed by atoms with Gasteiger partial charge in [-0.15, -0.1) is 0 Å². The van der Waals surface area contributed by atoms with Gasteiger partial charge in [0, 0.05) is 11.5 Å². The molecule has 1 heterocycles. The largest absolute Gasteiger partial charge is 0.493 e. The maximum atomic E-state index is 11.5. The SMILES string of the molecule is O=C(O)C1CCCC1c1ccc2c(c1)OC[C@H](Cc1ccccc1)[C@@H]2O. The first-order chi connectivity index (χ1) is 12.6. The van der Waals surface area contributed by atoms with Gasteiger partial charge in [0.05, 0.1) is 18.6 Å². The Morgan fingerprint density at radius 3 is 2.69 bits per heavy atom. The summed E-state index contributed by atoms with van der Waals surface area (Å²) in [6.45, 7) is 0.472. The fraction of sp³-hybridized carbons (Fsp3) is 0.409. The molecule has 2 aliphatic rings.